The van der Waals surface area contributed by atoms with Crippen molar-refractivity contribution >= 4 is 11.8 Å². The first-order valence-corrected chi connectivity index (χ1v) is 3.15. The van der Waals surface area contributed by atoms with Crippen LogP contribution in [-0.2, 0) is 14.3 Å². The summed E-state index contributed by atoms with van der Waals surface area (Å²) in [4.78, 5) is 21.1. The number of Topliss-reactive ketones (excluding diaryl/α,β-unsaturated/α-hetero) is 1. The van der Waals surface area contributed by atoms with Crippen LogP contribution in [0.3, 0.4) is 0 Å². The summed E-state index contributed by atoms with van der Waals surface area (Å²) < 4.78 is 4.38. The molecule has 0 spiro atoms. The van der Waals surface area contributed by atoms with Gasteiger partial charge in [-0.05, 0) is 6.92 Å². The summed E-state index contributed by atoms with van der Waals surface area (Å²) in [6.07, 6.45) is 0.186. The molecule has 10 heavy (non-hydrogen) atoms. The van der Waals surface area contributed by atoms with Crippen molar-refractivity contribution in [2.75, 3.05) is 7.11 Å². The topological polar surface area (TPSA) is 43.4 Å². The van der Waals surface area contributed by atoms with E-state index in [4.69, 9.17) is 0 Å². The predicted molar refractivity (Wildman–Crippen MR) is 36.5 cm³/mol. The summed E-state index contributed by atoms with van der Waals surface area (Å²) in [7, 11) is 1.31. The van der Waals surface area contributed by atoms with Crippen molar-refractivity contribution in [2.45, 2.75) is 20.3 Å². The normalized spacial score (nSPS) is 12.3. The Bertz CT molecular complexity index is 140. The standard InChI is InChI=1S/C7H12O3/c1-5(6(2)8)4-7(9)10-3/h5H,4H2,1-3H3. The molecule has 1 unspecified atom stereocenters. The fourth-order valence-corrected chi connectivity index (χ4v) is 0.477. The van der Waals surface area contributed by atoms with Gasteiger partial charge < -0.3 is 4.74 Å². The van der Waals surface area contributed by atoms with Crippen LogP contribution < -0.4 is 0 Å². The summed E-state index contributed by atoms with van der Waals surface area (Å²) in [6.45, 7) is 3.17. The summed E-state index contributed by atoms with van der Waals surface area (Å²) in [5.41, 5.74) is 0. The highest BCUT2D eigenvalue weighted by Crippen LogP contribution is 2.03. The Hall–Kier alpha value is -0.860. The minimum atomic E-state index is -0.331. The van der Waals surface area contributed by atoms with Crippen LogP contribution in [0.2, 0.25) is 0 Å². The smallest absolute Gasteiger partial charge is 0.306 e. The molecule has 0 aliphatic heterocycles. The van der Waals surface area contributed by atoms with Gasteiger partial charge in [0, 0.05) is 5.92 Å². The van der Waals surface area contributed by atoms with Gasteiger partial charge in [-0.15, -0.1) is 0 Å². The third-order valence-electron chi connectivity index (χ3n) is 1.39. The van der Waals surface area contributed by atoms with Crippen molar-refractivity contribution in [2.24, 2.45) is 5.92 Å². The Kier molecular flexibility index (Phi) is 3.69. The van der Waals surface area contributed by atoms with Gasteiger partial charge in [-0.3, -0.25) is 9.59 Å². The van der Waals surface area contributed by atoms with Crippen LogP contribution in [0.1, 0.15) is 20.3 Å². The molecule has 0 saturated carbocycles. The van der Waals surface area contributed by atoms with E-state index in [0.717, 1.165) is 0 Å². The molecule has 0 aliphatic carbocycles. The van der Waals surface area contributed by atoms with Gasteiger partial charge in [0.25, 0.3) is 0 Å². The third kappa shape index (κ3) is 3.22. The number of carbonyl (C=O) groups is 2. The fraction of sp³-hybridized carbons (Fsp3) is 0.714. The van der Waals surface area contributed by atoms with Crippen molar-refractivity contribution in [1.29, 1.82) is 0 Å². The van der Waals surface area contributed by atoms with Crippen LogP contribution in [0.4, 0.5) is 0 Å². The first-order chi connectivity index (χ1) is 4.57. The number of hydrogen-bond donors (Lipinski definition) is 0. The van der Waals surface area contributed by atoms with E-state index in [1.807, 2.05) is 0 Å². The Morgan fingerprint density at radius 1 is 1.50 bits per heavy atom. The molecule has 0 amide bonds. The molecule has 58 valence electrons. The van der Waals surface area contributed by atoms with E-state index in [1.165, 1.54) is 14.0 Å². The lowest BCUT2D eigenvalue weighted by atomic mass is 10.0. The summed E-state index contributed by atoms with van der Waals surface area (Å²) in [5, 5.41) is 0. The summed E-state index contributed by atoms with van der Waals surface area (Å²) in [6, 6.07) is 0. The predicted octanol–water partition coefficient (Wildman–Crippen LogP) is 0.775. The number of hydrogen-bond acceptors (Lipinski definition) is 3. The number of rotatable bonds is 3. The van der Waals surface area contributed by atoms with E-state index in [1.54, 1.807) is 6.92 Å². The molecule has 0 fully saturated rings. The van der Waals surface area contributed by atoms with Crippen molar-refractivity contribution < 1.29 is 14.3 Å². The molecule has 0 aromatic carbocycles. The Morgan fingerprint density at radius 2 is 2.00 bits per heavy atom. The van der Waals surface area contributed by atoms with Gasteiger partial charge in [-0.1, -0.05) is 6.92 Å². The summed E-state index contributed by atoms with van der Waals surface area (Å²) >= 11 is 0. The zero-order valence-corrected chi connectivity index (χ0v) is 6.51. The molecule has 0 aliphatic rings. The maximum Gasteiger partial charge on any atom is 0.306 e. The van der Waals surface area contributed by atoms with Crippen LogP contribution >= 0.6 is 0 Å². The second kappa shape index (κ2) is 4.04. The van der Waals surface area contributed by atoms with Crippen molar-refractivity contribution in [3.8, 4) is 0 Å². The maximum absolute atomic E-state index is 10.6. The molecule has 0 rings (SSSR count). The summed E-state index contributed by atoms with van der Waals surface area (Å²) in [5.74, 6) is -0.527. The second-order valence-electron chi connectivity index (χ2n) is 2.29. The minimum Gasteiger partial charge on any atom is -0.469 e. The van der Waals surface area contributed by atoms with Gasteiger partial charge in [0.1, 0.15) is 5.78 Å². The van der Waals surface area contributed by atoms with Crippen LogP contribution in [0.15, 0.2) is 0 Å². The number of carbonyl (C=O) groups excluding carboxylic acids is 2. The molecule has 0 N–H and O–H groups in total. The molecule has 0 radical (unpaired) electrons. The van der Waals surface area contributed by atoms with Crippen molar-refractivity contribution in [3.63, 3.8) is 0 Å². The first-order valence-electron chi connectivity index (χ1n) is 3.15. The zero-order valence-electron chi connectivity index (χ0n) is 6.51. The largest absolute Gasteiger partial charge is 0.469 e. The van der Waals surface area contributed by atoms with Crippen molar-refractivity contribution in [1.82, 2.24) is 0 Å². The van der Waals surface area contributed by atoms with Crippen molar-refractivity contribution in [3.05, 3.63) is 0 Å². The molecule has 0 heterocycles. The van der Waals surface area contributed by atoms with Gasteiger partial charge in [0.05, 0.1) is 13.5 Å². The van der Waals surface area contributed by atoms with E-state index in [2.05, 4.69) is 4.74 Å². The van der Waals surface area contributed by atoms with Gasteiger partial charge in [0.15, 0.2) is 0 Å². The number of ketones is 1. The van der Waals surface area contributed by atoms with Gasteiger partial charge in [-0.25, -0.2) is 0 Å². The minimum absolute atomic E-state index is 0.0189. The number of ether oxygens (including phenoxy) is 1. The number of esters is 1. The van der Waals surface area contributed by atoms with Gasteiger partial charge in [0.2, 0.25) is 0 Å². The molecule has 0 aromatic heterocycles. The first kappa shape index (κ1) is 9.14. The molecule has 3 heteroatoms. The number of methoxy groups -OCH3 is 1. The van der Waals surface area contributed by atoms with E-state index in [-0.39, 0.29) is 24.1 Å². The highest BCUT2D eigenvalue weighted by molar-refractivity contribution is 5.83. The van der Waals surface area contributed by atoms with E-state index in [9.17, 15) is 9.59 Å². The van der Waals surface area contributed by atoms with Gasteiger partial charge in [-0.2, -0.15) is 0 Å². The van der Waals surface area contributed by atoms with E-state index < -0.39 is 0 Å². The lowest BCUT2D eigenvalue weighted by molar-refractivity contribution is -0.143. The molecule has 0 aromatic rings. The fourth-order valence-electron chi connectivity index (χ4n) is 0.477. The van der Waals surface area contributed by atoms with Crippen LogP contribution in [0.5, 0.6) is 0 Å². The highest BCUT2D eigenvalue weighted by atomic mass is 16.5. The molecular weight excluding hydrogens is 132 g/mol. The molecule has 0 saturated heterocycles. The van der Waals surface area contributed by atoms with Gasteiger partial charge >= 0.3 is 5.97 Å². The zero-order chi connectivity index (χ0) is 8.15. The lowest BCUT2D eigenvalue weighted by Crippen LogP contribution is -2.13. The maximum atomic E-state index is 10.6. The SMILES string of the molecule is COC(=O)CC(C)C(C)=O. The average Bonchev–Trinajstić information content (AvgIpc) is 1.87. The lowest BCUT2D eigenvalue weighted by Gasteiger charge is -2.03. The Balaban J connectivity index is 3.68. The van der Waals surface area contributed by atoms with E-state index in [0.29, 0.717) is 0 Å². The molecule has 0 bridgehead atoms. The average molecular weight is 144 g/mol. The molecule has 3 nitrogen and oxygen atoms in total. The quantitative estimate of drug-likeness (QED) is 0.549. The van der Waals surface area contributed by atoms with Crippen LogP contribution in [0, 0.1) is 5.92 Å². The molecular formula is C7H12O3. The second-order valence-corrected chi connectivity index (χ2v) is 2.29. The van der Waals surface area contributed by atoms with Crippen LogP contribution in [-0.4, -0.2) is 18.9 Å². The monoisotopic (exact) mass is 144 g/mol. The highest BCUT2D eigenvalue weighted by Gasteiger charge is 2.12. The Labute approximate surface area is 60.4 Å². The molecule has 1 atom stereocenters. The Morgan fingerprint density at radius 3 is 2.30 bits per heavy atom. The van der Waals surface area contributed by atoms with E-state index >= 15 is 0 Å². The van der Waals surface area contributed by atoms with Crippen LogP contribution in [0.25, 0.3) is 0 Å². The third-order valence-corrected chi connectivity index (χ3v) is 1.39.